The van der Waals surface area contributed by atoms with Crippen molar-refractivity contribution in [2.45, 2.75) is 0 Å². The van der Waals surface area contributed by atoms with Crippen molar-refractivity contribution in [1.82, 2.24) is 0 Å². The number of hydrogen-bond acceptors (Lipinski definition) is 0. The highest BCUT2D eigenvalue weighted by Crippen LogP contribution is 2.56. The minimum Gasteiger partial charge on any atom is -0.0622 e. The van der Waals surface area contributed by atoms with Crippen LogP contribution in [0, 0.1) is 0 Å². The summed E-state index contributed by atoms with van der Waals surface area (Å²) in [6.07, 6.45) is 0. The number of rotatable bonds is 6. The molecule has 16 aromatic carbocycles. The van der Waals surface area contributed by atoms with Crippen LogP contribution in [0.4, 0.5) is 0 Å². The average Bonchev–Trinajstić information content (AvgIpc) is 2.97. The molecule has 0 aromatic heterocycles. The lowest BCUT2D eigenvalue weighted by atomic mass is 9.85. The molecule has 0 saturated heterocycles. The summed E-state index contributed by atoms with van der Waals surface area (Å²) in [5, 5.41) is 17.8. The smallest absolute Gasteiger partial charge is 0.00137 e. The molecule has 16 aromatic rings. The lowest BCUT2D eigenvalue weighted by Gasteiger charge is -2.18. The van der Waals surface area contributed by atoms with E-state index in [9.17, 15) is 0 Å². The second kappa shape index (κ2) is 17.4. The van der Waals surface area contributed by atoms with Gasteiger partial charge < -0.3 is 0 Å². The summed E-state index contributed by atoms with van der Waals surface area (Å²) in [7, 11) is 0. The molecule has 0 radical (unpaired) electrons. The quantitative estimate of drug-likeness (QED) is 0.146. The lowest BCUT2D eigenvalue weighted by Crippen LogP contribution is -1.91. The zero-order valence-electron chi connectivity index (χ0n) is 44.7. The molecule has 0 bridgehead atoms. The first kappa shape index (κ1) is 45.2. The Morgan fingerprint density at radius 3 is 0.878 bits per heavy atom. The monoisotopic (exact) mass is 1030 g/mol. The molecule has 2 aliphatic carbocycles. The van der Waals surface area contributed by atoms with Crippen molar-refractivity contribution < 1.29 is 0 Å². The molecule has 0 atom stereocenters. The van der Waals surface area contributed by atoms with Gasteiger partial charge in [-0.3, -0.25) is 0 Å². The largest absolute Gasteiger partial charge is 0.0622 e. The van der Waals surface area contributed by atoms with Crippen molar-refractivity contribution >= 4 is 75.4 Å². The third-order valence-electron chi connectivity index (χ3n) is 18.3. The Morgan fingerprint density at radius 2 is 0.463 bits per heavy atom. The Balaban J connectivity index is 0.851. The van der Waals surface area contributed by atoms with Gasteiger partial charge in [0.2, 0.25) is 0 Å². The van der Waals surface area contributed by atoms with E-state index in [1.54, 1.807) is 0 Å². The zero-order chi connectivity index (χ0) is 53.6. The fraction of sp³-hybridized carbons (Fsp3) is 0. The Morgan fingerprint density at radius 1 is 0.134 bits per heavy atom. The highest BCUT2D eigenvalue weighted by molar-refractivity contribution is 6.32. The van der Waals surface area contributed by atoms with Gasteiger partial charge in [-0.1, -0.05) is 243 Å². The molecule has 82 heavy (non-hydrogen) atoms. The van der Waals surface area contributed by atoms with Gasteiger partial charge in [-0.2, -0.15) is 0 Å². The normalized spacial score (nSPS) is 12.1. The van der Waals surface area contributed by atoms with Crippen LogP contribution in [0.15, 0.2) is 291 Å². The summed E-state index contributed by atoms with van der Waals surface area (Å²) in [4.78, 5) is 0. The van der Waals surface area contributed by atoms with Crippen molar-refractivity contribution in [3.8, 4) is 111 Å². The Labute approximate surface area is 475 Å². The molecule has 18 rings (SSSR count). The van der Waals surface area contributed by atoms with Crippen LogP contribution in [0.25, 0.3) is 187 Å². The molecule has 0 fully saturated rings. The molecule has 0 saturated carbocycles. The molecule has 0 amide bonds. The van der Waals surface area contributed by atoms with Crippen molar-refractivity contribution in [3.05, 3.63) is 291 Å². The maximum absolute atomic E-state index is 2.50. The average molecular weight is 1030 g/mol. The van der Waals surface area contributed by atoms with E-state index in [1.807, 2.05) is 0 Å². The fourth-order valence-electron chi connectivity index (χ4n) is 14.5. The molecule has 0 heteroatoms. The Hall–Kier alpha value is -10.7. The van der Waals surface area contributed by atoms with Crippen LogP contribution < -0.4 is 0 Å². The number of hydrogen-bond donors (Lipinski definition) is 0. The number of benzene rings is 16. The van der Waals surface area contributed by atoms with Crippen LogP contribution in [0.3, 0.4) is 0 Å². The minimum absolute atomic E-state index is 1.21. The highest BCUT2D eigenvalue weighted by Gasteiger charge is 2.29. The topological polar surface area (TPSA) is 0 Å². The first-order valence-electron chi connectivity index (χ1n) is 28.6. The van der Waals surface area contributed by atoms with E-state index < -0.39 is 0 Å². The third kappa shape index (κ3) is 6.61. The van der Waals surface area contributed by atoms with Crippen molar-refractivity contribution in [1.29, 1.82) is 0 Å². The van der Waals surface area contributed by atoms with E-state index in [1.165, 1.54) is 187 Å². The molecular weight excluding hydrogens is 985 g/mol. The fourth-order valence-corrected chi connectivity index (χ4v) is 14.5. The van der Waals surface area contributed by atoms with Crippen LogP contribution in [-0.4, -0.2) is 0 Å². The number of fused-ring (bicyclic) bond motifs is 15. The van der Waals surface area contributed by atoms with Crippen LogP contribution in [0.5, 0.6) is 0 Å². The Kier molecular flexibility index (Phi) is 9.61. The van der Waals surface area contributed by atoms with Gasteiger partial charge >= 0.3 is 0 Å². The second-order valence-electron chi connectivity index (χ2n) is 22.6. The first-order valence-corrected chi connectivity index (χ1v) is 28.6. The summed E-state index contributed by atoms with van der Waals surface area (Å²) in [6, 6.07) is 110. The predicted octanol–water partition coefficient (Wildman–Crippen LogP) is 23.1. The van der Waals surface area contributed by atoms with E-state index in [4.69, 9.17) is 0 Å². The van der Waals surface area contributed by atoms with E-state index in [0.29, 0.717) is 0 Å². The van der Waals surface area contributed by atoms with E-state index in [2.05, 4.69) is 291 Å². The van der Waals surface area contributed by atoms with Gasteiger partial charge in [0.05, 0.1) is 0 Å². The van der Waals surface area contributed by atoms with Crippen molar-refractivity contribution in [3.63, 3.8) is 0 Å². The lowest BCUT2D eigenvalue weighted by molar-refractivity contribution is 1.64. The molecule has 376 valence electrons. The molecule has 0 aliphatic heterocycles. The van der Waals surface area contributed by atoms with Gasteiger partial charge in [0.15, 0.2) is 0 Å². The SMILES string of the molecule is c1ccc(-c2ccc3c(c2)c(-c2ccc4cc(-c5cc6c7ccc(-c8ccccc8)c8c7c(cc6c6ccc(-c7ccccc7)cc56)-c5ccccc5-8)ccc4c2)cc2c4ccc(-c5ccccc5)c5c4c(cc32)-c2ccccc2-5)cc1. The standard InChI is InChI=1S/C82H48/c1-5-17-49(18-6-1)55-33-35-63-71(43-55)69(45-75-67-39-37-59(51-21-9-3-10-22-51)79-65-27-15-13-25-61(65)77(81(67)79)47-73(63)75)57-31-29-54-42-58(32-30-53(54)41-57)70-46-76-68-40-38-60(52-23-11-4-12-24-52)80-66-28-16-14-26-62(66)78(82(68)80)48-74(76)64-36-34-56(44-72(64)70)50-19-7-2-8-20-50/h1-48H. The maximum atomic E-state index is 2.50. The minimum atomic E-state index is 1.21. The maximum Gasteiger partial charge on any atom is -0.00137 e. The third-order valence-corrected chi connectivity index (χ3v) is 18.3. The van der Waals surface area contributed by atoms with Crippen molar-refractivity contribution in [2.24, 2.45) is 0 Å². The summed E-state index contributed by atoms with van der Waals surface area (Å²) >= 11 is 0. The van der Waals surface area contributed by atoms with E-state index >= 15 is 0 Å². The van der Waals surface area contributed by atoms with Gasteiger partial charge in [0.1, 0.15) is 0 Å². The van der Waals surface area contributed by atoms with Crippen LogP contribution in [0.2, 0.25) is 0 Å². The molecule has 0 N–H and O–H groups in total. The molecule has 0 heterocycles. The summed E-state index contributed by atoms with van der Waals surface area (Å²) in [5.74, 6) is 0. The van der Waals surface area contributed by atoms with Gasteiger partial charge in [0, 0.05) is 0 Å². The Bertz CT molecular complexity index is 5060. The van der Waals surface area contributed by atoms with Crippen LogP contribution in [-0.2, 0) is 0 Å². The van der Waals surface area contributed by atoms with Crippen LogP contribution >= 0.6 is 0 Å². The van der Waals surface area contributed by atoms with Gasteiger partial charge in [-0.05, 0) is 235 Å². The van der Waals surface area contributed by atoms with Gasteiger partial charge in [-0.15, -0.1) is 0 Å². The summed E-state index contributed by atoms with van der Waals surface area (Å²) in [6.45, 7) is 0. The molecular formula is C82H48. The zero-order valence-corrected chi connectivity index (χ0v) is 44.7. The molecule has 2 aliphatic rings. The van der Waals surface area contributed by atoms with Crippen molar-refractivity contribution in [2.75, 3.05) is 0 Å². The van der Waals surface area contributed by atoms with E-state index in [-0.39, 0.29) is 0 Å². The van der Waals surface area contributed by atoms with Crippen LogP contribution in [0.1, 0.15) is 0 Å². The summed E-state index contributed by atoms with van der Waals surface area (Å²) in [5.41, 5.74) is 25.3. The van der Waals surface area contributed by atoms with Gasteiger partial charge in [-0.25, -0.2) is 0 Å². The highest BCUT2D eigenvalue weighted by atomic mass is 14.3. The predicted molar refractivity (Wildman–Crippen MR) is 350 cm³/mol. The molecule has 0 unspecified atom stereocenters. The van der Waals surface area contributed by atoms with E-state index in [0.717, 1.165) is 0 Å². The molecule has 0 nitrogen and oxygen atoms in total. The first-order chi connectivity index (χ1) is 40.7. The molecule has 0 spiro atoms. The van der Waals surface area contributed by atoms with Gasteiger partial charge in [0.25, 0.3) is 0 Å². The second-order valence-corrected chi connectivity index (χ2v) is 22.6. The summed E-state index contributed by atoms with van der Waals surface area (Å²) < 4.78 is 0.